The van der Waals surface area contributed by atoms with Crippen LogP contribution in [-0.4, -0.2) is 18.5 Å². The quantitative estimate of drug-likeness (QED) is 0.361. The zero-order valence-corrected chi connectivity index (χ0v) is 12.9. The molecule has 0 radical (unpaired) electrons. The van der Waals surface area contributed by atoms with Gasteiger partial charge in [-0.1, -0.05) is 19.8 Å². The Hall–Kier alpha value is -1.15. The third-order valence-electron chi connectivity index (χ3n) is 2.61. The molecule has 21 heavy (non-hydrogen) atoms. The van der Waals surface area contributed by atoms with E-state index in [2.05, 4.69) is 42.9 Å². The lowest BCUT2D eigenvalue weighted by molar-refractivity contribution is -0.697. The fourth-order valence-corrected chi connectivity index (χ4v) is 1.40. The fraction of sp³-hybridized carbons (Fsp3) is 0.615. The van der Waals surface area contributed by atoms with Crippen molar-refractivity contribution in [3.05, 3.63) is 30.1 Å². The van der Waals surface area contributed by atoms with E-state index in [0.717, 1.165) is 0 Å². The summed E-state index contributed by atoms with van der Waals surface area (Å²) in [4.78, 5) is 0. The van der Waals surface area contributed by atoms with Crippen LogP contribution in [0, 0.1) is 6.92 Å². The Labute approximate surface area is 123 Å². The lowest BCUT2D eigenvalue weighted by atomic mass is 10.2. The van der Waals surface area contributed by atoms with E-state index in [9.17, 15) is 13.2 Å². The molecule has 1 heterocycles. The maximum absolute atomic E-state index is 10.7. The molecule has 1 aromatic rings. The van der Waals surface area contributed by atoms with Gasteiger partial charge in [0.15, 0.2) is 22.5 Å². The number of halogens is 3. The molecule has 0 amide bonds. The summed E-state index contributed by atoms with van der Waals surface area (Å²) in [5, 5.41) is 0. The van der Waals surface area contributed by atoms with Gasteiger partial charge in [-0.25, -0.2) is 13.0 Å². The summed E-state index contributed by atoms with van der Waals surface area (Å²) in [6.07, 6.45) is 9.69. The highest BCUT2D eigenvalue weighted by Gasteiger charge is 2.36. The highest BCUT2D eigenvalue weighted by Crippen LogP contribution is 2.20. The number of unbranched alkanes of at least 4 members (excludes halogenated alkanes) is 3. The molecule has 0 saturated heterocycles. The van der Waals surface area contributed by atoms with Crippen molar-refractivity contribution >= 4 is 10.1 Å². The third kappa shape index (κ3) is 9.41. The van der Waals surface area contributed by atoms with Gasteiger partial charge in [0.05, 0.1) is 0 Å². The van der Waals surface area contributed by atoms with Gasteiger partial charge in [-0.15, -0.1) is 0 Å². The van der Waals surface area contributed by atoms with Crippen molar-refractivity contribution in [2.45, 2.75) is 51.6 Å². The molecule has 1 aromatic heterocycles. The summed E-state index contributed by atoms with van der Waals surface area (Å²) in [6.45, 7) is 5.54. The van der Waals surface area contributed by atoms with Crippen LogP contribution in [0.3, 0.4) is 0 Å². The molecule has 4 nitrogen and oxygen atoms in total. The summed E-state index contributed by atoms with van der Waals surface area (Å²) < 4.78 is 61.2. The van der Waals surface area contributed by atoms with Crippen molar-refractivity contribution in [3.63, 3.8) is 0 Å². The summed E-state index contributed by atoms with van der Waals surface area (Å²) in [6, 6.07) is 4.33. The van der Waals surface area contributed by atoms with Gasteiger partial charge >= 0.3 is 5.51 Å². The second-order valence-corrected chi connectivity index (χ2v) is 5.95. The van der Waals surface area contributed by atoms with Crippen LogP contribution in [0.25, 0.3) is 0 Å². The molecule has 8 heteroatoms. The van der Waals surface area contributed by atoms with Crippen molar-refractivity contribution in [2.24, 2.45) is 0 Å². The number of rotatable bonds is 5. The SMILES string of the molecule is CCCCCC[n+]1ccc(C)cc1.O=S(=O)([O-])C(F)(F)F. The lowest BCUT2D eigenvalue weighted by Gasteiger charge is -2.08. The molecule has 122 valence electrons. The van der Waals surface area contributed by atoms with E-state index < -0.39 is 15.6 Å². The molecule has 0 bridgehead atoms. The standard InChI is InChI=1S/C12H20N.CHF3O3S/c1-3-4-5-6-9-13-10-7-12(2)8-11-13;2-1(3,4)8(5,6)7/h7-8,10-11H,3-6,9H2,1-2H3;(H,5,6,7)/q+1;/p-1. The number of alkyl halides is 3. The molecule has 0 aliphatic heterocycles. The largest absolute Gasteiger partial charge is 0.741 e. The van der Waals surface area contributed by atoms with Crippen LogP contribution >= 0.6 is 0 Å². The van der Waals surface area contributed by atoms with Crippen LogP contribution in [0.5, 0.6) is 0 Å². The Morgan fingerprint density at radius 3 is 2.00 bits per heavy atom. The Morgan fingerprint density at radius 1 is 1.14 bits per heavy atom. The van der Waals surface area contributed by atoms with E-state index in [1.807, 2.05) is 0 Å². The smallest absolute Gasteiger partial charge is 0.485 e. The molecule has 0 atom stereocenters. The van der Waals surface area contributed by atoms with Crippen LogP contribution < -0.4 is 4.57 Å². The van der Waals surface area contributed by atoms with E-state index >= 15 is 0 Å². The van der Waals surface area contributed by atoms with Crippen LogP contribution in [0.1, 0.15) is 38.2 Å². The second-order valence-electron chi connectivity index (χ2n) is 4.57. The molecule has 0 N–H and O–H groups in total. The Bertz CT molecular complexity index is 498. The van der Waals surface area contributed by atoms with Crippen LogP contribution in [0.2, 0.25) is 0 Å². The van der Waals surface area contributed by atoms with Crippen LogP contribution in [0.15, 0.2) is 24.5 Å². The van der Waals surface area contributed by atoms with Gasteiger partial charge in [0.1, 0.15) is 6.54 Å². The van der Waals surface area contributed by atoms with E-state index in [1.165, 1.54) is 37.8 Å². The maximum atomic E-state index is 10.7. The monoisotopic (exact) mass is 327 g/mol. The molecule has 0 saturated carbocycles. The van der Waals surface area contributed by atoms with Crippen molar-refractivity contribution < 1.29 is 30.7 Å². The van der Waals surface area contributed by atoms with Crippen molar-refractivity contribution in [2.75, 3.05) is 0 Å². The van der Waals surface area contributed by atoms with Gasteiger partial charge in [-0.3, -0.25) is 0 Å². The first-order valence-electron chi connectivity index (χ1n) is 6.55. The molecular formula is C13H20F3NO3S. The average molecular weight is 327 g/mol. The minimum atomic E-state index is -6.09. The molecule has 0 aliphatic carbocycles. The lowest BCUT2D eigenvalue weighted by Crippen LogP contribution is -2.32. The Morgan fingerprint density at radius 2 is 1.62 bits per heavy atom. The number of aromatic nitrogens is 1. The number of hydrogen-bond donors (Lipinski definition) is 0. The third-order valence-corrected chi connectivity index (χ3v) is 3.18. The summed E-state index contributed by atoms with van der Waals surface area (Å²) >= 11 is 0. The van der Waals surface area contributed by atoms with Gasteiger partial charge < -0.3 is 4.55 Å². The summed E-state index contributed by atoms with van der Waals surface area (Å²) in [7, 11) is -6.09. The molecular weight excluding hydrogens is 307 g/mol. The topological polar surface area (TPSA) is 61.1 Å². The molecule has 0 aliphatic rings. The molecule has 0 fully saturated rings. The number of nitrogens with zero attached hydrogens (tertiary/aromatic N) is 1. The number of aryl methyl sites for hydroxylation is 2. The highest BCUT2D eigenvalue weighted by molar-refractivity contribution is 7.86. The first-order chi connectivity index (χ1) is 9.58. The normalized spacial score (nSPS) is 11.7. The second kappa shape index (κ2) is 8.99. The van der Waals surface area contributed by atoms with Gasteiger partial charge in [0, 0.05) is 18.6 Å². The number of pyridine rings is 1. The van der Waals surface area contributed by atoms with Crippen LogP contribution in [-0.2, 0) is 16.7 Å². The van der Waals surface area contributed by atoms with E-state index in [-0.39, 0.29) is 0 Å². The fourth-order valence-electron chi connectivity index (χ4n) is 1.40. The summed E-state index contributed by atoms with van der Waals surface area (Å²) in [5.74, 6) is 0. The average Bonchev–Trinajstić information content (AvgIpc) is 2.35. The predicted molar refractivity (Wildman–Crippen MR) is 71.3 cm³/mol. The van der Waals surface area contributed by atoms with Crippen LogP contribution in [0.4, 0.5) is 13.2 Å². The van der Waals surface area contributed by atoms with Crippen molar-refractivity contribution in [1.29, 1.82) is 0 Å². The number of hydrogen-bond acceptors (Lipinski definition) is 3. The molecule has 0 spiro atoms. The first kappa shape index (κ1) is 19.9. The predicted octanol–water partition coefficient (Wildman–Crippen LogP) is 2.91. The van der Waals surface area contributed by atoms with Gasteiger partial charge in [0.2, 0.25) is 0 Å². The zero-order chi connectivity index (χ0) is 16.5. The van der Waals surface area contributed by atoms with E-state index in [4.69, 9.17) is 13.0 Å². The molecule has 0 unspecified atom stereocenters. The van der Waals surface area contributed by atoms with Crippen molar-refractivity contribution in [3.8, 4) is 0 Å². The zero-order valence-electron chi connectivity index (χ0n) is 12.1. The van der Waals surface area contributed by atoms with Gasteiger partial charge in [-0.05, 0) is 18.9 Å². The minimum absolute atomic E-state index is 1.17. The molecule has 0 aromatic carbocycles. The van der Waals surface area contributed by atoms with Gasteiger partial charge in [-0.2, -0.15) is 13.2 Å². The van der Waals surface area contributed by atoms with E-state index in [0.29, 0.717) is 0 Å². The highest BCUT2D eigenvalue weighted by atomic mass is 32.2. The Kier molecular flexibility index (Phi) is 8.50. The minimum Gasteiger partial charge on any atom is -0.741 e. The Balaban J connectivity index is 0.000000433. The summed E-state index contributed by atoms with van der Waals surface area (Å²) in [5.41, 5.74) is -4.31. The van der Waals surface area contributed by atoms with Crippen molar-refractivity contribution in [1.82, 2.24) is 0 Å². The first-order valence-corrected chi connectivity index (χ1v) is 7.96. The molecule has 1 rings (SSSR count). The van der Waals surface area contributed by atoms with Gasteiger partial charge in [0.25, 0.3) is 0 Å². The van der Waals surface area contributed by atoms with E-state index in [1.54, 1.807) is 0 Å². The maximum Gasteiger partial charge on any atom is 0.485 e.